The average molecular weight is 205 g/mol. The van der Waals surface area contributed by atoms with E-state index in [1.807, 2.05) is 0 Å². The Morgan fingerprint density at radius 2 is 2.07 bits per heavy atom. The second-order valence-corrected chi connectivity index (χ2v) is 3.24. The molecule has 0 aliphatic heterocycles. The molecule has 0 bridgehead atoms. The van der Waals surface area contributed by atoms with E-state index in [-0.39, 0.29) is 5.75 Å². The summed E-state index contributed by atoms with van der Waals surface area (Å²) in [4.78, 5) is 0. The molecule has 2 rings (SSSR count). The van der Waals surface area contributed by atoms with Crippen molar-refractivity contribution in [2.45, 2.75) is 13.0 Å². The quantitative estimate of drug-likeness (QED) is 0.768. The summed E-state index contributed by atoms with van der Waals surface area (Å²) in [5.74, 6) is 0.102. The molecule has 2 aromatic rings. The molecule has 1 heterocycles. The van der Waals surface area contributed by atoms with Crippen LogP contribution in [0.2, 0.25) is 0 Å². The molecule has 5 heteroatoms. The number of aliphatic hydroxyl groups excluding tert-OH is 1. The summed E-state index contributed by atoms with van der Waals surface area (Å²) in [6.07, 6.45) is 0.788. The van der Waals surface area contributed by atoms with Gasteiger partial charge >= 0.3 is 0 Å². The van der Waals surface area contributed by atoms with Gasteiger partial charge in [0.25, 0.3) is 0 Å². The number of phenols is 1. The van der Waals surface area contributed by atoms with Gasteiger partial charge in [0.15, 0.2) is 0 Å². The van der Waals surface area contributed by atoms with Crippen LogP contribution in [0.5, 0.6) is 5.75 Å². The third-order valence-corrected chi connectivity index (χ3v) is 2.11. The fourth-order valence-corrected chi connectivity index (χ4v) is 1.36. The van der Waals surface area contributed by atoms with E-state index in [0.717, 1.165) is 0 Å². The Hall–Kier alpha value is -1.88. The van der Waals surface area contributed by atoms with Crippen molar-refractivity contribution >= 4 is 0 Å². The van der Waals surface area contributed by atoms with E-state index in [0.29, 0.717) is 11.4 Å². The molecule has 0 fully saturated rings. The van der Waals surface area contributed by atoms with Crippen molar-refractivity contribution in [3.05, 3.63) is 36.2 Å². The molecule has 0 saturated carbocycles. The summed E-state index contributed by atoms with van der Waals surface area (Å²) in [5.41, 5.74) is 1.04. The highest BCUT2D eigenvalue weighted by atomic mass is 16.3. The first-order chi connectivity index (χ1) is 7.20. The van der Waals surface area contributed by atoms with Crippen molar-refractivity contribution in [3.63, 3.8) is 0 Å². The number of rotatable bonds is 2. The Morgan fingerprint density at radius 1 is 1.33 bits per heavy atom. The number of para-hydroxylation sites is 2. The maximum absolute atomic E-state index is 9.62. The predicted octanol–water partition coefficient (Wildman–Crippen LogP) is 1.03. The number of benzene rings is 1. The van der Waals surface area contributed by atoms with Crippen molar-refractivity contribution in [2.24, 2.45) is 0 Å². The molecule has 5 nitrogen and oxygen atoms in total. The standard InChI is InChI=1S/C10H11N3O2/c1-7(14)9-6-11-12-13(9)8-4-2-3-5-10(8)15/h2-7,14-15H,1H3. The van der Waals surface area contributed by atoms with Gasteiger partial charge in [-0.1, -0.05) is 17.3 Å². The third kappa shape index (κ3) is 1.69. The first kappa shape index (κ1) is 9.67. The second-order valence-electron chi connectivity index (χ2n) is 3.24. The zero-order valence-electron chi connectivity index (χ0n) is 8.20. The van der Waals surface area contributed by atoms with Crippen LogP contribution in [0.15, 0.2) is 30.5 Å². The molecule has 15 heavy (non-hydrogen) atoms. The van der Waals surface area contributed by atoms with Crippen LogP contribution in [-0.2, 0) is 0 Å². The van der Waals surface area contributed by atoms with Crippen molar-refractivity contribution in [2.75, 3.05) is 0 Å². The van der Waals surface area contributed by atoms with Gasteiger partial charge in [0.05, 0.1) is 18.0 Å². The van der Waals surface area contributed by atoms with Gasteiger partial charge in [0.1, 0.15) is 11.4 Å². The van der Waals surface area contributed by atoms with Crippen molar-refractivity contribution < 1.29 is 10.2 Å². The van der Waals surface area contributed by atoms with Crippen molar-refractivity contribution in [3.8, 4) is 11.4 Å². The van der Waals surface area contributed by atoms with Crippen LogP contribution in [0.1, 0.15) is 18.7 Å². The van der Waals surface area contributed by atoms with E-state index in [1.165, 1.54) is 10.9 Å². The minimum Gasteiger partial charge on any atom is -0.506 e. The molecule has 78 valence electrons. The van der Waals surface area contributed by atoms with Gasteiger partial charge < -0.3 is 10.2 Å². The van der Waals surface area contributed by atoms with Gasteiger partial charge in [-0.05, 0) is 19.1 Å². The molecule has 0 saturated heterocycles. The highest BCUT2D eigenvalue weighted by Crippen LogP contribution is 2.23. The van der Waals surface area contributed by atoms with Gasteiger partial charge in [-0.2, -0.15) is 0 Å². The molecule has 1 unspecified atom stereocenters. The lowest BCUT2D eigenvalue weighted by Gasteiger charge is -2.08. The van der Waals surface area contributed by atoms with E-state index < -0.39 is 6.10 Å². The maximum Gasteiger partial charge on any atom is 0.141 e. The smallest absolute Gasteiger partial charge is 0.141 e. The molecule has 1 atom stereocenters. The van der Waals surface area contributed by atoms with E-state index in [1.54, 1.807) is 31.2 Å². The van der Waals surface area contributed by atoms with Crippen LogP contribution in [-0.4, -0.2) is 25.2 Å². The van der Waals surface area contributed by atoms with Gasteiger partial charge in [0.2, 0.25) is 0 Å². The molecule has 1 aromatic heterocycles. The number of aliphatic hydroxyl groups is 1. The lowest BCUT2D eigenvalue weighted by molar-refractivity contribution is 0.191. The van der Waals surface area contributed by atoms with Crippen LogP contribution in [0.4, 0.5) is 0 Å². The van der Waals surface area contributed by atoms with E-state index in [9.17, 15) is 10.2 Å². The minimum atomic E-state index is -0.681. The lowest BCUT2D eigenvalue weighted by Crippen LogP contribution is -2.05. The third-order valence-electron chi connectivity index (χ3n) is 2.11. The normalized spacial score (nSPS) is 12.7. The fraction of sp³-hybridized carbons (Fsp3) is 0.200. The molecule has 0 radical (unpaired) electrons. The second kappa shape index (κ2) is 3.70. The Kier molecular flexibility index (Phi) is 2.39. The number of nitrogens with zero attached hydrogens (tertiary/aromatic N) is 3. The molecule has 0 aliphatic rings. The zero-order chi connectivity index (χ0) is 10.8. The maximum atomic E-state index is 9.62. The van der Waals surface area contributed by atoms with Crippen LogP contribution in [0, 0.1) is 0 Å². The molecule has 1 aromatic carbocycles. The Labute approximate surface area is 86.6 Å². The largest absolute Gasteiger partial charge is 0.506 e. The van der Waals surface area contributed by atoms with E-state index in [4.69, 9.17) is 0 Å². The summed E-state index contributed by atoms with van der Waals surface area (Å²) in [5, 5.41) is 26.6. The van der Waals surface area contributed by atoms with Crippen molar-refractivity contribution in [1.29, 1.82) is 0 Å². The Balaban J connectivity index is 2.55. The van der Waals surface area contributed by atoms with E-state index >= 15 is 0 Å². The van der Waals surface area contributed by atoms with Crippen LogP contribution in [0.25, 0.3) is 5.69 Å². The van der Waals surface area contributed by atoms with E-state index in [2.05, 4.69) is 10.3 Å². The summed E-state index contributed by atoms with van der Waals surface area (Å²) < 4.78 is 1.42. The molecule has 0 amide bonds. The highest BCUT2D eigenvalue weighted by molar-refractivity contribution is 5.45. The number of hydrogen-bond acceptors (Lipinski definition) is 4. The molecular formula is C10H11N3O2. The lowest BCUT2D eigenvalue weighted by atomic mass is 10.2. The fourth-order valence-electron chi connectivity index (χ4n) is 1.36. The SMILES string of the molecule is CC(O)c1cnnn1-c1ccccc1O. The van der Waals surface area contributed by atoms with Crippen molar-refractivity contribution in [1.82, 2.24) is 15.0 Å². The summed E-state index contributed by atoms with van der Waals surface area (Å²) >= 11 is 0. The monoisotopic (exact) mass is 205 g/mol. The first-order valence-electron chi connectivity index (χ1n) is 4.57. The number of aromatic nitrogens is 3. The van der Waals surface area contributed by atoms with Gasteiger partial charge in [-0.25, -0.2) is 4.68 Å². The molecule has 0 aliphatic carbocycles. The first-order valence-corrected chi connectivity index (χ1v) is 4.57. The summed E-state index contributed by atoms with van der Waals surface area (Å²) in [6.45, 7) is 1.62. The summed E-state index contributed by atoms with van der Waals surface area (Å²) in [7, 11) is 0. The predicted molar refractivity (Wildman–Crippen MR) is 53.7 cm³/mol. The number of hydrogen-bond donors (Lipinski definition) is 2. The van der Waals surface area contributed by atoms with Gasteiger partial charge in [-0.15, -0.1) is 5.10 Å². The number of phenolic OH excluding ortho intramolecular Hbond substituents is 1. The average Bonchev–Trinajstić information content (AvgIpc) is 2.67. The Bertz CT molecular complexity index is 465. The van der Waals surface area contributed by atoms with Crippen LogP contribution in [0.3, 0.4) is 0 Å². The molecule has 2 N–H and O–H groups in total. The molecular weight excluding hydrogens is 194 g/mol. The van der Waals surface area contributed by atoms with Crippen LogP contribution >= 0.6 is 0 Å². The topological polar surface area (TPSA) is 71.2 Å². The van der Waals surface area contributed by atoms with Crippen LogP contribution < -0.4 is 0 Å². The highest BCUT2D eigenvalue weighted by Gasteiger charge is 2.12. The van der Waals surface area contributed by atoms with Gasteiger partial charge in [-0.3, -0.25) is 0 Å². The summed E-state index contributed by atoms with van der Waals surface area (Å²) in [6, 6.07) is 6.76. The van der Waals surface area contributed by atoms with Gasteiger partial charge in [0, 0.05) is 0 Å². The minimum absolute atomic E-state index is 0.102. The molecule has 0 spiro atoms. The zero-order valence-corrected chi connectivity index (χ0v) is 8.20. The Morgan fingerprint density at radius 3 is 2.73 bits per heavy atom. The number of aromatic hydroxyl groups is 1.